The van der Waals surface area contributed by atoms with Crippen molar-refractivity contribution in [2.75, 3.05) is 7.05 Å². The maximum absolute atomic E-state index is 12.6. The van der Waals surface area contributed by atoms with Crippen LogP contribution in [0.1, 0.15) is 38.2 Å². The van der Waals surface area contributed by atoms with Crippen molar-refractivity contribution in [3.63, 3.8) is 0 Å². The normalized spacial score (nSPS) is 18.2. The SMILES string of the molecule is CCC(=O)N[C@H]1CC[C@@H](N(C)C(=O)Oc2ccc(-c3cc(C)c4[nH]ncc4c3)cn2)C1. The zero-order valence-corrected chi connectivity index (χ0v) is 18.0. The van der Waals surface area contributed by atoms with Crippen molar-refractivity contribution in [3.8, 4) is 17.0 Å². The minimum Gasteiger partial charge on any atom is -0.391 e. The molecular weight excluding hydrogens is 394 g/mol. The summed E-state index contributed by atoms with van der Waals surface area (Å²) in [5.41, 5.74) is 4.09. The lowest BCUT2D eigenvalue weighted by Crippen LogP contribution is -2.39. The Kier molecular flexibility index (Phi) is 5.88. The van der Waals surface area contributed by atoms with Gasteiger partial charge in [-0.25, -0.2) is 9.78 Å². The topological polar surface area (TPSA) is 100 Å². The predicted octanol–water partition coefficient (Wildman–Crippen LogP) is 3.81. The van der Waals surface area contributed by atoms with Crippen LogP contribution in [0, 0.1) is 6.92 Å². The first-order valence-corrected chi connectivity index (χ1v) is 10.6. The van der Waals surface area contributed by atoms with Gasteiger partial charge in [0.15, 0.2) is 0 Å². The summed E-state index contributed by atoms with van der Waals surface area (Å²) in [5, 5.41) is 11.1. The summed E-state index contributed by atoms with van der Waals surface area (Å²) < 4.78 is 5.47. The molecule has 162 valence electrons. The Morgan fingerprint density at radius 2 is 2.06 bits per heavy atom. The highest BCUT2D eigenvalue weighted by molar-refractivity contribution is 5.86. The van der Waals surface area contributed by atoms with Gasteiger partial charge >= 0.3 is 6.09 Å². The van der Waals surface area contributed by atoms with Crippen LogP contribution in [0.2, 0.25) is 0 Å². The molecule has 8 heteroatoms. The van der Waals surface area contributed by atoms with Gasteiger partial charge in [-0.3, -0.25) is 9.89 Å². The molecule has 2 amide bonds. The number of rotatable bonds is 5. The number of aryl methyl sites for hydroxylation is 1. The average Bonchev–Trinajstić information content (AvgIpc) is 3.43. The number of H-pyrrole nitrogens is 1. The Bertz CT molecular complexity index is 1090. The molecule has 4 rings (SSSR count). The quantitative estimate of drug-likeness (QED) is 0.652. The van der Waals surface area contributed by atoms with Crippen LogP contribution >= 0.6 is 0 Å². The molecular formula is C23H27N5O3. The number of hydrogen-bond acceptors (Lipinski definition) is 5. The molecule has 1 aliphatic carbocycles. The molecule has 0 radical (unpaired) electrons. The molecule has 0 bridgehead atoms. The molecule has 2 aromatic heterocycles. The summed E-state index contributed by atoms with van der Waals surface area (Å²) in [5.74, 6) is 0.304. The summed E-state index contributed by atoms with van der Waals surface area (Å²) in [6.45, 7) is 3.87. The van der Waals surface area contributed by atoms with Gasteiger partial charge in [-0.05, 0) is 55.5 Å². The van der Waals surface area contributed by atoms with Crippen LogP contribution in [0.25, 0.3) is 22.0 Å². The number of carbonyl (C=O) groups is 2. The van der Waals surface area contributed by atoms with Crippen molar-refractivity contribution in [1.29, 1.82) is 0 Å². The van der Waals surface area contributed by atoms with E-state index in [-0.39, 0.29) is 23.9 Å². The molecule has 0 saturated heterocycles. The smallest absolute Gasteiger partial charge is 0.391 e. The minimum atomic E-state index is -0.441. The van der Waals surface area contributed by atoms with Crippen molar-refractivity contribution in [1.82, 2.24) is 25.4 Å². The van der Waals surface area contributed by atoms with E-state index in [9.17, 15) is 9.59 Å². The first kappa shape index (κ1) is 20.8. The van der Waals surface area contributed by atoms with E-state index in [1.165, 1.54) is 0 Å². The Balaban J connectivity index is 1.38. The van der Waals surface area contributed by atoms with Crippen molar-refractivity contribution in [2.45, 2.75) is 51.6 Å². The lowest BCUT2D eigenvalue weighted by molar-refractivity contribution is -0.121. The van der Waals surface area contributed by atoms with Gasteiger partial charge in [0.05, 0.1) is 11.7 Å². The van der Waals surface area contributed by atoms with Gasteiger partial charge in [0.25, 0.3) is 0 Å². The Labute approximate surface area is 181 Å². The molecule has 2 heterocycles. The van der Waals surface area contributed by atoms with E-state index >= 15 is 0 Å². The summed E-state index contributed by atoms with van der Waals surface area (Å²) in [4.78, 5) is 30.1. The van der Waals surface area contributed by atoms with E-state index in [0.29, 0.717) is 6.42 Å². The molecule has 3 aromatic rings. The fourth-order valence-electron chi connectivity index (χ4n) is 4.09. The van der Waals surface area contributed by atoms with Gasteiger partial charge < -0.3 is 15.0 Å². The Morgan fingerprint density at radius 3 is 2.81 bits per heavy atom. The first-order chi connectivity index (χ1) is 14.9. The monoisotopic (exact) mass is 421 g/mol. The second-order valence-electron chi connectivity index (χ2n) is 8.08. The van der Waals surface area contributed by atoms with Gasteiger partial charge in [0.1, 0.15) is 0 Å². The van der Waals surface area contributed by atoms with Crippen molar-refractivity contribution >= 4 is 22.9 Å². The van der Waals surface area contributed by atoms with E-state index in [4.69, 9.17) is 4.74 Å². The van der Waals surface area contributed by atoms with Crippen molar-refractivity contribution in [2.24, 2.45) is 0 Å². The third-order valence-electron chi connectivity index (χ3n) is 5.93. The molecule has 8 nitrogen and oxygen atoms in total. The molecule has 2 N–H and O–H groups in total. The zero-order valence-electron chi connectivity index (χ0n) is 18.0. The number of nitrogens with zero attached hydrogens (tertiary/aromatic N) is 3. The maximum Gasteiger partial charge on any atom is 0.416 e. The van der Waals surface area contributed by atoms with Crippen LogP contribution in [-0.4, -0.2) is 51.2 Å². The molecule has 0 spiro atoms. The number of aromatic amines is 1. The number of aromatic nitrogens is 3. The van der Waals surface area contributed by atoms with E-state index in [0.717, 1.165) is 46.9 Å². The fourth-order valence-corrected chi connectivity index (χ4v) is 4.09. The summed E-state index contributed by atoms with van der Waals surface area (Å²) in [7, 11) is 1.73. The van der Waals surface area contributed by atoms with Crippen LogP contribution in [-0.2, 0) is 4.79 Å². The molecule has 0 aliphatic heterocycles. The van der Waals surface area contributed by atoms with Gasteiger partial charge in [0, 0.05) is 48.8 Å². The van der Waals surface area contributed by atoms with E-state index in [1.807, 2.05) is 19.9 Å². The van der Waals surface area contributed by atoms with Crippen LogP contribution in [0.5, 0.6) is 5.88 Å². The summed E-state index contributed by atoms with van der Waals surface area (Å²) >= 11 is 0. The average molecular weight is 422 g/mol. The van der Waals surface area contributed by atoms with E-state index in [2.05, 4.69) is 32.6 Å². The number of pyridine rings is 1. The summed E-state index contributed by atoms with van der Waals surface area (Å²) in [6, 6.07) is 7.87. The highest BCUT2D eigenvalue weighted by atomic mass is 16.6. The van der Waals surface area contributed by atoms with Gasteiger partial charge in [0.2, 0.25) is 11.8 Å². The first-order valence-electron chi connectivity index (χ1n) is 10.6. The highest BCUT2D eigenvalue weighted by Gasteiger charge is 2.31. The standard InChI is InChI=1S/C23H27N5O3/c1-4-20(29)26-18-6-7-19(11-18)28(3)23(30)31-21-8-5-15(12-24-21)16-9-14(2)22-17(10-16)13-25-27-22/h5,8-10,12-13,18-19H,4,6-7,11H2,1-3H3,(H,25,27)(H,26,29)/t18-,19+/m0/s1. The number of nitrogens with one attached hydrogen (secondary N) is 2. The number of hydrogen-bond donors (Lipinski definition) is 2. The molecule has 1 saturated carbocycles. The van der Waals surface area contributed by atoms with Crippen LogP contribution in [0.4, 0.5) is 4.79 Å². The third kappa shape index (κ3) is 4.52. The zero-order chi connectivity index (χ0) is 22.0. The Morgan fingerprint density at radius 1 is 1.23 bits per heavy atom. The third-order valence-corrected chi connectivity index (χ3v) is 5.93. The van der Waals surface area contributed by atoms with Gasteiger partial charge in [-0.2, -0.15) is 5.10 Å². The number of benzene rings is 1. The molecule has 1 aliphatic rings. The molecule has 1 aromatic carbocycles. The second kappa shape index (κ2) is 8.75. The molecule has 31 heavy (non-hydrogen) atoms. The van der Waals surface area contributed by atoms with Crippen LogP contribution < -0.4 is 10.1 Å². The molecule has 1 fully saturated rings. The van der Waals surface area contributed by atoms with Crippen molar-refractivity contribution < 1.29 is 14.3 Å². The minimum absolute atomic E-state index is 0.0404. The Hall–Kier alpha value is -3.42. The highest BCUT2D eigenvalue weighted by Crippen LogP contribution is 2.27. The van der Waals surface area contributed by atoms with E-state index in [1.54, 1.807) is 30.4 Å². The maximum atomic E-state index is 12.6. The van der Waals surface area contributed by atoms with Gasteiger partial charge in [-0.15, -0.1) is 0 Å². The number of ether oxygens (including phenoxy) is 1. The number of carbonyl (C=O) groups excluding carboxylic acids is 2. The number of fused-ring (bicyclic) bond motifs is 1. The predicted molar refractivity (Wildman–Crippen MR) is 118 cm³/mol. The van der Waals surface area contributed by atoms with Crippen molar-refractivity contribution in [3.05, 3.63) is 42.2 Å². The molecule has 0 unspecified atom stereocenters. The summed E-state index contributed by atoms with van der Waals surface area (Å²) in [6.07, 6.45) is 5.96. The van der Waals surface area contributed by atoms with Crippen LogP contribution in [0.15, 0.2) is 36.7 Å². The number of amides is 2. The lowest BCUT2D eigenvalue weighted by Gasteiger charge is -2.23. The fraction of sp³-hybridized carbons (Fsp3) is 0.391. The molecule has 2 atom stereocenters. The second-order valence-corrected chi connectivity index (χ2v) is 8.08. The lowest BCUT2D eigenvalue weighted by atomic mass is 10.0. The van der Waals surface area contributed by atoms with E-state index < -0.39 is 6.09 Å². The largest absolute Gasteiger partial charge is 0.416 e. The van der Waals surface area contributed by atoms with Crippen LogP contribution in [0.3, 0.4) is 0 Å². The van der Waals surface area contributed by atoms with Gasteiger partial charge in [-0.1, -0.05) is 6.92 Å².